The molecule has 1 heterocycles. The average Bonchev–Trinajstić information content (AvgIpc) is 2.96. The van der Waals surface area contributed by atoms with Crippen molar-refractivity contribution in [2.45, 2.75) is 39.7 Å². The molecule has 1 aromatic heterocycles. The van der Waals surface area contributed by atoms with E-state index in [1.54, 1.807) is 0 Å². The van der Waals surface area contributed by atoms with Gasteiger partial charge in [0, 0.05) is 4.88 Å². The second-order valence-electron chi connectivity index (χ2n) is 7.19. The van der Waals surface area contributed by atoms with Gasteiger partial charge in [0.25, 0.3) is 0 Å². The zero-order valence-electron chi connectivity index (χ0n) is 17.1. The van der Waals surface area contributed by atoms with Crippen molar-refractivity contribution < 1.29 is 14.3 Å². The Morgan fingerprint density at radius 1 is 0.897 bits per heavy atom. The van der Waals surface area contributed by atoms with E-state index >= 15 is 0 Å². The molecule has 0 saturated carbocycles. The van der Waals surface area contributed by atoms with E-state index in [9.17, 15) is 9.59 Å². The van der Waals surface area contributed by atoms with Crippen molar-refractivity contribution in [3.05, 3.63) is 87.8 Å². The van der Waals surface area contributed by atoms with Gasteiger partial charge in [-0.3, -0.25) is 4.79 Å². The van der Waals surface area contributed by atoms with Crippen LogP contribution in [0.15, 0.2) is 60.7 Å². The molecule has 0 fully saturated rings. The largest absolute Gasteiger partial charge is 0.459 e. The van der Waals surface area contributed by atoms with Crippen molar-refractivity contribution in [3.8, 4) is 0 Å². The molecule has 0 bridgehead atoms. The Morgan fingerprint density at radius 2 is 1.41 bits per heavy atom. The standard InChI is InChI=1S/C24H25NO3S/c1-15(2)28-24(27)20-16(3)17(4)29-23(20)25-22(26)21(18-11-7-5-8-12-18)19-13-9-6-10-14-19/h5-15,21H,1-4H3,(H,25,26). The summed E-state index contributed by atoms with van der Waals surface area (Å²) in [6.45, 7) is 7.44. The van der Waals surface area contributed by atoms with Gasteiger partial charge in [0.05, 0.1) is 17.6 Å². The van der Waals surface area contributed by atoms with Crippen LogP contribution in [0, 0.1) is 13.8 Å². The summed E-state index contributed by atoms with van der Waals surface area (Å²) in [4.78, 5) is 27.0. The Labute approximate surface area is 175 Å². The number of thiophene rings is 1. The fourth-order valence-corrected chi connectivity index (χ4v) is 4.26. The zero-order chi connectivity index (χ0) is 21.0. The summed E-state index contributed by atoms with van der Waals surface area (Å²) in [5.74, 6) is -1.07. The normalized spacial score (nSPS) is 11.0. The van der Waals surface area contributed by atoms with Gasteiger partial charge >= 0.3 is 5.97 Å². The van der Waals surface area contributed by atoms with Gasteiger partial charge in [0.2, 0.25) is 5.91 Å². The summed E-state index contributed by atoms with van der Waals surface area (Å²) in [6.07, 6.45) is -0.230. The number of carbonyl (C=O) groups is 2. The smallest absolute Gasteiger partial charge is 0.341 e. The highest BCUT2D eigenvalue weighted by Crippen LogP contribution is 2.35. The minimum atomic E-state index is -0.478. The van der Waals surface area contributed by atoms with Crippen LogP contribution in [0.4, 0.5) is 5.00 Å². The van der Waals surface area contributed by atoms with Crippen LogP contribution in [0.25, 0.3) is 0 Å². The van der Waals surface area contributed by atoms with Gasteiger partial charge in [0.15, 0.2) is 0 Å². The van der Waals surface area contributed by atoms with Crippen LogP contribution < -0.4 is 5.32 Å². The lowest BCUT2D eigenvalue weighted by molar-refractivity contribution is -0.116. The van der Waals surface area contributed by atoms with Crippen LogP contribution >= 0.6 is 11.3 Å². The first-order valence-corrected chi connectivity index (χ1v) is 10.4. The zero-order valence-corrected chi connectivity index (χ0v) is 17.9. The summed E-state index contributed by atoms with van der Waals surface area (Å²) in [6, 6.07) is 19.3. The maximum Gasteiger partial charge on any atom is 0.341 e. The highest BCUT2D eigenvalue weighted by atomic mass is 32.1. The second-order valence-corrected chi connectivity index (χ2v) is 8.41. The van der Waals surface area contributed by atoms with Crippen molar-refractivity contribution in [2.75, 3.05) is 5.32 Å². The average molecular weight is 408 g/mol. The SMILES string of the molecule is Cc1sc(NC(=O)C(c2ccccc2)c2ccccc2)c(C(=O)OC(C)C)c1C. The Balaban J connectivity index is 1.97. The minimum Gasteiger partial charge on any atom is -0.459 e. The van der Waals surface area contributed by atoms with Crippen LogP contribution in [0.5, 0.6) is 0 Å². The molecule has 0 unspecified atom stereocenters. The third kappa shape index (κ3) is 4.74. The van der Waals surface area contributed by atoms with Gasteiger partial charge in [-0.15, -0.1) is 11.3 Å². The van der Waals surface area contributed by atoms with Gasteiger partial charge in [-0.25, -0.2) is 4.79 Å². The summed E-state index contributed by atoms with van der Waals surface area (Å²) in [5.41, 5.74) is 3.07. The number of ether oxygens (including phenoxy) is 1. The third-order valence-electron chi connectivity index (χ3n) is 4.70. The fourth-order valence-electron chi connectivity index (χ4n) is 3.20. The minimum absolute atomic E-state index is 0.178. The molecule has 1 N–H and O–H groups in total. The van der Waals surface area contributed by atoms with Crippen LogP contribution in [0.2, 0.25) is 0 Å². The molecule has 0 spiro atoms. The molecule has 0 aliphatic heterocycles. The maximum atomic E-state index is 13.4. The highest BCUT2D eigenvalue weighted by Gasteiger charge is 2.27. The Morgan fingerprint density at radius 3 is 1.90 bits per heavy atom. The second kappa shape index (κ2) is 9.05. The van der Waals surface area contributed by atoms with Crippen molar-refractivity contribution >= 4 is 28.2 Å². The van der Waals surface area contributed by atoms with Crippen LogP contribution in [-0.4, -0.2) is 18.0 Å². The summed E-state index contributed by atoms with van der Waals surface area (Å²) >= 11 is 1.40. The van der Waals surface area contributed by atoms with Gasteiger partial charge in [0.1, 0.15) is 5.00 Å². The van der Waals surface area contributed by atoms with E-state index in [0.29, 0.717) is 10.6 Å². The lowest BCUT2D eigenvalue weighted by Gasteiger charge is -2.18. The van der Waals surface area contributed by atoms with E-state index in [0.717, 1.165) is 21.6 Å². The number of amides is 1. The number of hydrogen-bond donors (Lipinski definition) is 1. The van der Waals surface area contributed by atoms with Gasteiger partial charge < -0.3 is 10.1 Å². The molecule has 3 rings (SSSR count). The fraction of sp³-hybridized carbons (Fsp3) is 0.250. The monoisotopic (exact) mass is 407 g/mol. The molecule has 0 aliphatic carbocycles. The number of carbonyl (C=O) groups excluding carboxylic acids is 2. The number of hydrogen-bond acceptors (Lipinski definition) is 4. The predicted octanol–water partition coefficient (Wildman–Crippen LogP) is 5.70. The first-order chi connectivity index (χ1) is 13.9. The van der Waals surface area contributed by atoms with E-state index < -0.39 is 11.9 Å². The summed E-state index contributed by atoms with van der Waals surface area (Å²) < 4.78 is 5.40. The Bertz CT molecular complexity index is 954. The molecule has 3 aromatic rings. The van der Waals surface area contributed by atoms with Crippen molar-refractivity contribution in [2.24, 2.45) is 0 Å². The summed E-state index contributed by atoms with van der Waals surface area (Å²) in [7, 11) is 0. The topological polar surface area (TPSA) is 55.4 Å². The number of rotatable bonds is 6. The van der Waals surface area contributed by atoms with Crippen molar-refractivity contribution in [1.82, 2.24) is 0 Å². The lowest BCUT2D eigenvalue weighted by atomic mass is 9.90. The van der Waals surface area contributed by atoms with E-state index in [-0.39, 0.29) is 12.0 Å². The van der Waals surface area contributed by atoms with Gasteiger partial charge in [-0.1, -0.05) is 60.7 Å². The van der Waals surface area contributed by atoms with E-state index in [4.69, 9.17) is 4.74 Å². The third-order valence-corrected chi connectivity index (χ3v) is 5.82. The molecule has 0 saturated heterocycles. The maximum absolute atomic E-state index is 13.4. The molecular weight excluding hydrogens is 382 g/mol. The molecule has 0 aliphatic rings. The molecular formula is C24H25NO3S. The summed E-state index contributed by atoms with van der Waals surface area (Å²) in [5, 5.41) is 3.54. The van der Waals surface area contributed by atoms with Crippen LogP contribution in [0.3, 0.4) is 0 Å². The predicted molar refractivity (Wildman–Crippen MR) is 118 cm³/mol. The molecule has 2 aromatic carbocycles. The molecule has 0 radical (unpaired) electrons. The molecule has 1 amide bonds. The number of nitrogens with one attached hydrogen (secondary N) is 1. The molecule has 4 nitrogen and oxygen atoms in total. The molecule has 5 heteroatoms. The lowest BCUT2D eigenvalue weighted by Crippen LogP contribution is -2.23. The number of benzene rings is 2. The van der Waals surface area contributed by atoms with Gasteiger partial charge in [-0.05, 0) is 44.4 Å². The van der Waals surface area contributed by atoms with Crippen molar-refractivity contribution in [3.63, 3.8) is 0 Å². The van der Waals surface area contributed by atoms with E-state index in [1.807, 2.05) is 88.4 Å². The highest BCUT2D eigenvalue weighted by molar-refractivity contribution is 7.16. The molecule has 0 atom stereocenters. The van der Waals surface area contributed by atoms with Gasteiger partial charge in [-0.2, -0.15) is 0 Å². The number of anilines is 1. The van der Waals surface area contributed by atoms with Crippen LogP contribution in [-0.2, 0) is 9.53 Å². The van der Waals surface area contributed by atoms with Crippen molar-refractivity contribution in [1.29, 1.82) is 0 Å². The van der Waals surface area contributed by atoms with E-state index in [2.05, 4.69) is 5.32 Å². The number of aryl methyl sites for hydroxylation is 1. The Hall–Kier alpha value is -2.92. The molecule has 29 heavy (non-hydrogen) atoms. The molecule has 150 valence electrons. The quantitative estimate of drug-likeness (QED) is 0.533. The Kier molecular flexibility index (Phi) is 6.49. The van der Waals surface area contributed by atoms with E-state index in [1.165, 1.54) is 11.3 Å². The first kappa shape index (κ1) is 20.8. The number of esters is 1. The van der Waals surface area contributed by atoms with Crippen LogP contribution in [0.1, 0.15) is 51.7 Å². The first-order valence-electron chi connectivity index (χ1n) is 9.60.